The molecule has 0 unspecified atom stereocenters. The van der Waals surface area contributed by atoms with E-state index in [1.54, 1.807) is 6.92 Å². The van der Waals surface area contributed by atoms with Gasteiger partial charge in [-0.15, -0.1) is 0 Å². The Balaban J connectivity index is 1.71. The van der Waals surface area contributed by atoms with Crippen LogP contribution in [0.1, 0.15) is 19.8 Å². The average Bonchev–Trinajstić information content (AvgIpc) is 2.61. The van der Waals surface area contributed by atoms with E-state index in [9.17, 15) is 13.2 Å². The van der Waals surface area contributed by atoms with Gasteiger partial charge >= 0.3 is 0 Å². The van der Waals surface area contributed by atoms with Crippen molar-refractivity contribution in [2.24, 2.45) is 5.92 Å². The summed E-state index contributed by atoms with van der Waals surface area (Å²) in [6.45, 7) is 2.42. The molecular formula is C18H22N2O3S. The summed E-state index contributed by atoms with van der Waals surface area (Å²) in [6.07, 6.45) is 1.43. The lowest BCUT2D eigenvalue weighted by Crippen LogP contribution is -2.44. The summed E-state index contributed by atoms with van der Waals surface area (Å²) in [5.41, 5.74) is 0.745. The van der Waals surface area contributed by atoms with Crippen molar-refractivity contribution in [3.63, 3.8) is 0 Å². The van der Waals surface area contributed by atoms with Crippen molar-refractivity contribution in [2.75, 3.05) is 24.2 Å². The lowest BCUT2D eigenvalue weighted by Gasteiger charge is -2.30. The molecule has 24 heavy (non-hydrogen) atoms. The zero-order valence-corrected chi connectivity index (χ0v) is 14.6. The van der Waals surface area contributed by atoms with Crippen LogP contribution < -0.4 is 5.32 Å². The van der Waals surface area contributed by atoms with E-state index in [0.29, 0.717) is 6.54 Å². The third-order valence-electron chi connectivity index (χ3n) is 4.53. The fraction of sp³-hybridized carbons (Fsp3) is 0.389. The van der Waals surface area contributed by atoms with E-state index in [1.807, 2.05) is 42.5 Å². The second kappa shape index (κ2) is 6.91. The molecule has 1 fully saturated rings. The maximum Gasteiger partial charge on any atom is 0.228 e. The Labute approximate surface area is 142 Å². The van der Waals surface area contributed by atoms with E-state index in [2.05, 4.69) is 5.32 Å². The number of fused-ring (bicyclic) bond motifs is 1. The largest absolute Gasteiger partial charge is 0.326 e. The number of amides is 1. The number of anilines is 1. The molecule has 2 aromatic carbocycles. The number of carbonyl (C=O) groups is 1. The molecule has 128 valence electrons. The number of rotatable bonds is 4. The third kappa shape index (κ3) is 3.60. The summed E-state index contributed by atoms with van der Waals surface area (Å²) in [5, 5.41) is 5.12. The highest BCUT2D eigenvalue weighted by Gasteiger charge is 2.31. The van der Waals surface area contributed by atoms with Gasteiger partial charge in [-0.2, -0.15) is 0 Å². The fourth-order valence-electron chi connectivity index (χ4n) is 3.10. The molecule has 1 saturated heterocycles. The summed E-state index contributed by atoms with van der Waals surface area (Å²) in [5.74, 6) is -0.334. The van der Waals surface area contributed by atoms with Crippen LogP contribution in [0.2, 0.25) is 0 Å². The second-order valence-corrected chi connectivity index (χ2v) is 8.41. The summed E-state index contributed by atoms with van der Waals surface area (Å²) < 4.78 is 25.5. The standard InChI is InChI=1S/C18H22N2O3S/c1-2-24(22,23)20-11-5-8-16(13-20)18(21)19-17-10-9-14-6-3-4-7-15(14)12-17/h3-4,6-7,9-10,12,16H,2,5,8,11,13H2,1H3,(H,19,21)/t16-/m1/s1. The third-order valence-corrected chi connectivity index (χ3v) is 6.38. The van der Waals surface area contributed by atoms with Crippen LogP contribution >= 0.6 is 0 Å². The fourth-order valence-corrected chi connectivity index (χ4v) is 4.28. The molecule has 0 aliphatic carbocycles. The molecule has 0 spiro atoms. The molecule has 1 heterocycles. The van der Waals surface area contributed by atoms with Crippen molar-refractivity contribution < 1.29 is 13.2 Å². The minimum absolute atomic E-state index is 0.0754. The monoisotopic (exact) mass is 346 g/mol. The van der Waals surface area contributed by atoms with Crippen LogP contribution in [0.15, 0.2) is 42.5 Å². The quantitative estimate of drug-likeness (QED) is 0.926. The van der Waals surface area contributed by atoms with Crippen LogP contribution in [0.3, 0.4) is 0 Å². The summed E-state index contributed by atoms with van der Waals surface area (Å²) in [7, 11) is -3.24. The van der Waals surface area contributed by atoms with Gasteiger partial charge in [0.05, 0.1) is 11.7 Å². The molecule has 1 N–H and O–H groups in total. The summed E-state index contributed by atoms with van der Waals surface area (Å²) in [4.78, 5) is 12.5. The number of sulfonamides is 1. The Bertz CT molecular complexity index is 848. The number of hydrogen-bond donors (Lipinski definition) is 1. The molecule has 3 rings (SSSR count). The zero-order valence-electron chi connectivity index (χ0n) is 13.7. The van der Waals surface area contributed by atoms with Crippen molar-refractivity contribution in [1.82, 2.24) is 4.31 Å². The van der Waals surface area contributed by atoms with Gasteiger partial charge in [-0.05, 0) is 42.7 Å². The normalized spacial score (nSPS) is 19.3. The SMILES string of the molecule is CCS(=O)(=O)N1CCC[C@@H](C(=O)Nc2ccc3ccccc3c2)C1. The molecule has 0 aromatic heterocycles. The first-order valence-corrected chi connectivity index (χ1v) is 9.88. The van der Waals surface area contributed by atoms with Crippen LogP contribution in [0.5, 0.6) is 0 Å². The molecular weight excluding hydrogens is 324 g/mol. The Kier molecular flexibility index (Phi) is 4.87. The predicted octanol–water partition coefficient (Wildman–Crippen LogP) is 2.84. The molecule has 1 aliphatic rings. The van der Waals surface area contributed by atoms with E-state index in [4.69, 9.17) is 0 Å². The van der Waals surface area contributed by atoms with Crippen LogP contribution in [-0.4, -0.2) is 37.5 Å². The molecule has 0 saturated carbocycles. The lowest BCUT2D eigenvalue weighted by molar-refractivity contribution is -0.120. The van der Waals surface area contributed by atoms with Crippen molar-refractivity contribution >= 4 is 32.4 Å². The highest BCUT2D eigenvalue weighted by molar-refractivity contribution is 7.89. The Morgan fingerprint density at radius 1 is 1.21 bits per heavy atom. The molecule has 2 aromatic rings. The molecule has 0 bridgehead atoms. The smallest absolute Gasteiger partial charge is 0.228 e. The maximum atomic E-state index is 12.5. The number of carbonyl (C=O) groups excluding carboxylic acids is 1. The van der Waals surface area contributed by atoms with Crippen LogP contribution in [-0.2, 0) is 14.8 Å². The Hall–Kier alpha value is -1.92. The maximum absolute atomic E-state index is 12.5. The van der Waals surface area contributed by atoms with E-state index in [0.717, 1.165) is 29.3 Å². The Morgan fingerprint density at radius 3 is 2.71 bits per heavy atom. The van der Waals surface area contributed by atoms with Crippen molar-refractivity contribution in [3.05, 3.63) is 42.5 Å². The molecule has 5 nitrogen and oxygen atoms in total. The highest BCUT2D eigenvalue weighted by atomic mass is 32.2. The molecule has 1 aliphatic heterocycles. The zero-order chi connectivity index (χ0) is 17.2. The topological polar surface area (TPSA) is 66.5 Å². The van der Waals surface area contributed by atoms with Gasteiger partial charge in [-0.3, -0.25) is 4.79 Å². The number of hydrogen-bond acceptors (Lipinski definition) is 3. The van der Waals surface area contributed by atoms with Gasteiger partial charge in [0.15, 0.2) is 0 Å². The molecule has 6 heteroatoms. The van der Waals surface area contributed by atoms with E-state index < -0.39 is 10.0 Å². The number of nitrogens with zero attached hydrogens (tertiary/aromatic N) is 1. The minimum Gasteiger partial charge on any atom is -0.326 e. The van der Waals surface area contributed by atoms with E-state index in [-0.39, 0.29) is 24.1 Å². The highest BCUT2D eigenvalue weighted by Crippen LogP contribution is 2.23. The Morgan fingerprint density at radius 2 is 1.96 bits per heavy atom. The van der Waals surface area contributed by atoms with Crippen molar-refractivity contribution in [1.29, 1.82) is 0 Å². The van der Waals surface area contributed by atoms with Crippen molar-refractivity contribution in [2.45, 2.75) is 19.8 Å². The van der Waals surface area contributed by atoms with Gasteiger partial charge in [-0.1, -0.05) is 30.3 Å². The van der Waals surface area contributed by atoms with Gasteiger partial charge in [0.25, 0.3) is 0 Å². The first kappa shape index (κ1) is 16.9. The van der Waals surface area contributed by atoms with Crippen molar-refractivity contribution in [3.8, 4) is 0 Å². The average molecular weight is 346 g/mol. The predicted molar refractivity (Wildman–Crippen MR) is 96.3 cm³/mol. The van der Waals surface area contributed by atoms with Crippen LogP contribution in [0, 0.1) is 5.92 Å². The summed E-state index contributed by atoms with van der Waals surface area (Å²) in [6, 6.07) is 13.8. The van der Waals surface area contributed by atoms with Gasteiger partial charge in [0, 0.05) is 18.8 Å². The number of nitrogens with one attached hydrogen (secondary N) is 1. The molecule has 1 amide bonds. The summed E-state index contributed by atoms with van der Waals surface area (Å²) >= 11 is 0. The van der Waals surface area contributed by atoms with Gasteiger partial charge < -0.3 is 5.32 Å². The van der Waals surface area contributed by atoms with Crippen LogP contribution in [0.4, 0.5) is 5.69 Å². The van der Waals surface area contributed by atoms with Gasteiger partial charge in [-0.25, -0.2) is 12.7 Å². The molecule has 0 radical (unpaired) electrons. The first-order valence-electron chi connectivity index (χ1n) is 8.27. The molecule has 1 atom stereocenters. The number of piperidine rings is 1. The van der Waals surface area contributed by atoms with E-state index >= 15 is 0 Å². The van der Waals surface area contributed by atoms with E-state index in [1.165, 1.54) is 4.31 Å². The van der Waals surface area contributed by atoms with Crippen LogP contribution in [0.25, 0.3) is 10.8 Å². The first-order chi connectivity index (χ1) is 11.5. The number of benzene rings is 2. The minimum atomic E-state index is -3.24. The lowest BCUT2D eigenvalue weighted by atomic mass is 9.98. The van der Waals surface area contributed by atoms with Gasteiger partial charge in [0.2, 0.25) is 15.9 Å². The van der Waals surface area contributed by atoms with Gasteiger partial charge in [0.1, 0.15) is 0 Å². The second-order valence-electron chi connectivity index (χ2n) is 6.15.